The van der Waals surface area contributed by atoms with Gasteiger partial charge in [0.25, 0.3) is 0 Å². The predicted octanol–water partition coefficient (Wildman–Crippen LogP) is -0.417. The molecule has 0 saturated carbocycles. The lowest BCUT2D eigenvalue weighted by atomic mass is 10.1. The van der Waals surface area contributed by atoms with E-state index in [-0.39, 0.29) is 6.42 Å². The predicted molar refractivity (Wildman–Crippen MR) is 38.5 cm³/mol. The first kappa shape index (κ1) is 9.44. The number of ether oxygens (including phenoxy) is 2. The van der Waals surface area contributed by atoms with Crippen molar-refractivity contribution in [3.05, 3.63) is 0 Å². The molecule has 1 rings (SSSR count). The monoisotopic (exact) mass is 176 g/mol. The highest BCUT2D eigenvalue weighted by Crippen LogP contribution is 2.19. The van der Waals surface area contributed by atoms with E-state index < -0.39 is 24.5 Å². The number of aliphatic hydroxyl groups excluding tert-OH is 1. The zero-order chi connectivity index (χ0) is 9.14. The van der Waals surface area contributed by atoms with E-state index >= 15 is 0 Å². The topological polar surface area (TPSA) is 76.0 Å². The zero-order valence-corrected chi connectivity index (χ0v) is 6.77. The summed E-state index contributed by atoms with van der Waals surface area (Å²) in [5, 5.41) is 17.8. The van der Waals surface area contributed by atoms with E-state index in [1.54, 1.807) is 0 Å². The van der Waals surface area contributed by atoms with Crippen LogP contribution in [0.5, 0.6) is 0 Å². The van der Waals surface area contributed by atoms with Crippen molar-refractivity contribution in [3.8, 4) is 0 Å². The molecule has 5 heteroatoms. The van der Waals surface area contributed by atoms with E-state index in [0.29, 0.717) is 6.42 Å². The lowest BCUT2D eigenvalue weighted by Gasteiger charge is -2.29. The number of carboxylic acid groups (broad SMARTS) is 1. The van der Waals surface area contributed by atoms with Gasteiger partial charge < -0.3 is 19.7 Å². The van der Waals surface area contributed by atoms with E-state index in [9.17, 15) is 9.90 Å². The van der Waals surface area contributed by atoms with Gasteiger partial charge in [-0.15, -0.1) is 0 Å². The molecule has 2 N–H and O–H groups in total. The summed E-state index contributed by atoms with van der Waals surface area (Å²) in [6.45, 7) is 0. The molecule has 1 unspecified atom stereocenters. The minimum Gasteiger partial charge on any atom is -0.479 e. The van der Waals surface area contributed by atoms with Crippen molar-refractivity contribution in [2.24, 2.45) is 0 Å². The summed E-state index contributed by atoms with van der Waals surface area (Å²) in [5.41, 5.74) is 0. The van der Waals surface area contributed by atoms with Crippen LogP contribution in [0.2, 0.25) is 0 Å². The Morgan fingerprint density at radius 1 is 1.58 bits per heavy atom. The van der Waals surface area contributed by atoms with E-state index in [1.165, 1.54) is 7.11 Å². The van der Waals surface area contributed by atoms with Crippen LogP contribution in [-0.2, 0) is 14.3 Å². The van der Waals surface area contributed by atoms with Crippen molar-refractivity contribution >= 4 is 5.97 Å². The van der Waals surface area contributed by atoms with Crippen molar-refractivity contribution in [1.82, 2.24) is 0 Å². The van der Waals surface area contributed by atoms with Gasteiger partial charge in [-0.25, -0.2) is 4.79 Å². The van der Waals surface area contributed by atoms with Crippen LogP contribution < -0.4 is 0 Å². The Hall–Kier alpha value is -0.650. The molecule has 0 aromatic rings. The van der Waals surface area contributed by atoms with Gasteiger partial charge in [-0.1, -0.05) is 0 Å². The van der Waals surface area contributed by atoms with E-state index in [2.05, 4.69) is 0 Å². The van der Waals surface area contributed by atoms with Crippen LogP contribution in [0.4, 0.5) is 0 Å². The molecule has 0 aliphatic carbocycles. The molecule has 3 atom stereocenters. The molecule has 5 nitrogen and oxygen atoms in total. The van der Waals surface area contributed by atoms with Gasteiger partial charge in [0, 0.05) is 20.0 Å². The Bertz CT molecular complexity index is 169. The first-order valence-electron chi connectivity index (χ1n) is 3.72. The van der Waals surface area contributed by atoms with Crippen LogP contribution in [0.25, 0.3) is 0 Å². The fraction of sp³-hybridized carbons (Fsp3) is 0.857. The van der Waals surface area contributed by atoms with Gasteiger partial charge in [-0.3, -0.25) is 0 Å². The number of hydrogen-bond acceptors (Lipinski definition) is 4. The van der Waals surface area contributed by atoms with Crippen LogP contribution in [0.1, 0.15) is 12.8 Å². The quantitative estimate of drug-likeness (QED) is 0.597. The lowest BCUT2D eigenvalue weighted by molar-refractivity contribution is -0.213. The number of carbonyl (C=O) groups is 1. The molecule has 70 valence electrons. The summed E-state index contributed by atoms with van der Waals surface area (Å²) < 4.78 is 9.78. The zero-order valence-electron chi connectivity index (χ0n) is 6.77. The normalized spacial score (nSPS) is 36.3. The molecule has 1 heterocycles. The number of carboxylic acids is 1. The summed E-state index contributed by atoms with van der Waals surface area (Å²) in [4.78, 5) is 10.5. The maximum atomic E-state index is 10.5. The third-order valence-corrected chi connectivity index (χ3v) is 1.81. The molecule has 0 bridgehead atoms. The number of rotatable bonds is 2. The Balaban J connectivity index is 2.51. The van der Waals surface area contributed by atoms with E-state index in [0.717, 1.165) is 0 Å². The van der Waals surface area contributed by atoms with Crippen molar-refractivity contribution < 1.29 is 24.5 Å². The van der Waals surface area contributed by atoms with Gasteiger partial charge in [0.2, 0.25) is 0 Å². The SMILES string of the molecule is CO[C@H]1C[C@@H](O)CC(C(=O)O)O1. The minimum absolute atomic E-state index is 0.134. The minimum atomic E-state index is -1.06. The second-order valence-electron chi connectivity index (χ2n) is 2.75. The summed E-state index contributed by atoms with van der Waals surface area (Å²) in [6, 6.07) is 0. The fourth-order valence-electron chi connectivity index (χ4n) is 1.17. The molecule has 1 aliphatic heterocycles. The molecular weight excluding hydrogens is 164 g/mol. The molecule has 0 aromatic carbocycles. The van der Waals surface area contributed by atoms with Crippen molar-refractivity contribution in [3.63, 3.8) is 0 Å². The Morgan fingerprint density at radius 3 is 2.75 bits per heavy atom. The molecule has 0 radical (unpaired) electrons. The molecule has 0 amide bonds. The molecule has 0 spiro atoms. The number of hydrogen-bond donors (Lipinski definition) is 2. The second kappa shape index (κ2) is 3.84. The average molecular weight is 176 g/mol. The second-order valence-corrected chi connectivity index (χ2v) is 2.75. The smallest absolute Gasteiger partial charge is 0.333 e. The van der Waals surface area contributed by atoms with Gasteiger partial charge in [-0.05, 0) is 0 Å². The van der Waals surface area contributed by atoms with Crippen LogP contribution >= 0.6 is 0 Å². The van der Waals surface area contributed by atoms with Crippen LogP contribution in [0.3, 0.4) is 0 Å². The third-order valence-electron chi connectivity index (χ3n) is 1.81. The van der Waals surface area contributed by atoms with Crippen LogP contribution in [-0.4, -0.2) is 41.8 Å². The summed E-state index contributed by atoms with van der Waals surface area (Å²) in [6.07, 6.45) is -1.73. The standard InChI is InChI=1S/C7H12O5/c1-11-6-3-4(8)2-5(12-6)7(9)10/h4-6,8H,2-3H2,1H3,(H,9,10)/t4-,5?,6+/m0/s1. The van der Waals surface area contributed by atoms with Gasteiger partial charge in [0.05, 0.1) is 6.10 Å². The Labute approximate surface area is 69.9 Å². The van der Waals surface area contributed by atoms with Gasteiger partial charge in [-0.2, -0.15) is 0 Å². The summed E-state index contributed by atoms with van der Waals surface area (Å²) >= 11 is 0. The van der Waals surface area contributed by atoms with Crippen LogP contribution in [0.15, 0.2) is 0 Å². The summed E-state index contributed by atoms with van der Waals surface area (Å²) in [5.74, 6) is -1.06. The molecular formula is C7H12O5. The first-order valence-corrected chi connectivity index (χ1v) is 3.72. The average Bonchev–Trinajstić information content (AvgIpc) is 2.03. The maximum Gasteiger partial charge on any atom is 0.333 e. The molecule has 0 aromatic heterocycles. The highest BCUT2D eigenvalue weighted by Gasteiger charge is 2.32. The summed E-state index contributed by atoms with van der Waals surface area (Å²) in [7, 11) is 1.42. The highest BCUT2D eigenvalue weighted by molar-refractivity contribution is 5.72. The van der Waals surface area contributed by atoms with Gasteiger partial charge >= 0.3 is 5.97 Å². The number of aliphatic carboxylic acids is 1. The van der Waals surface area contributed by atoms with Crippen molar-refractivity contribution in [2.45, 2.75) is 31.3 Å². The van der Waals surface area contributed by atoms with Gasteiger partial charge in [0.15, 0.2) is 12.4 Å². The third kappa shape index (κ3) is 2.17. The lowest BCUT2D eigenvalue weighted by Crippen LogP contribution is -2.40. The molecule has 1 fully saturated rings. The first-order chi connectivity index (χ1) is 5.63. The fourth-order valence-corrected chi connectivity index (χ4v) is 1.17. The van der Waals surface area contributed by atoms with E-state index in [1.807, 2.05) is 0 Å². The number of methoxy groups -OCH3 is 1. The molecule has 1 aliphatic rings. The van der Waals surface area contributed by atoms with Crippen LogP contribution in [0, 0.1) is 0 Å². The largest absolute Gasteiger partial charge is 0.479 e. The Morgan fingerprint density at radius 2 is 2.25 bits per heavy atom. The van der Waals surface area contributed by atoms with Crippen molar-refractivity contribution in [2.75, 3.05) is 7.11 Å². The number of aliphatic hydroxyl groups is 1. The van der Waals surface area contributed by atoms with E-state index in [4.69, 9.17) is 14.6 Å². The molecule has 1 saturated heterocycles. The van der Waals surface area contributed by atoms with Crippen molar-refractivity contribution in [1.29, 1.82) is 0 Å². The highest BCUT2D eigenvalue weighted by atomic mass is 16.7. The van der Waals surface area contributed by atoms with Gasteiger partial charge in [0.1, 0.15) is 0 Å². The maximum absolute atomic E-state index is 10.5. The molecule has 12 heavy (non-hydrogen) atoms. The Kier molecular flexibility index (Phi) is 3.02.